The largest absolute Gasteiger partial charge is 0.469 e. The fourth-order valence-corrected chi connectivity index (χ4v) is 1.78. The van der Waals surface area contributed by atoms with Crippen molar-refractivity contribution in [1.29, 1.82) is 0 Å². The third kappa shape index (κ3) is 5.49. The van der Waals surface area contributed by atoms with E-state index in [-0.39, 0.29) is 25.1 Å². The average molecular weight is 274 g/mol. The van der Waals surface area contributed by atoms with Crippen molar-refractivity contribution in [2.45, 2.75) is 18.9 Å². The molecule has 18 heavy (non-hydrogen) atoms. The van der Waals surface area contributed by atoms with Crippen LogP contribution in [0.3, 0.4) is 0 Å². The predicted octanol–water partition coefficient (Wildman–Crippen LogP) is 1.15. The summed E-state index contributed by atoms with van der Waals surface area (Å²) in [4.78, 5) is 11.3. The number of carbonyl (C=O) groups excluding carboxylic acids is 1. The van der Waals surface area contributed by atoms with E-state index in [2.05, 4.69) is 4.74 Å². The van der Waals surface area contributed by atoms with Gasteiger partial charge in [-0.05, 0) is 18.4 Å². The minimum atomic E-state index is -0.529. The van der Waals surface area contributed by atoms with Crippen LogP contribution in [-0.4, -0.2) is 30.8 Å². The molecule has 0 fully saturated rings. The van der Waals surface area contributed by atoms with Gasteiger partial charge in [0.05, 0.1) is 19.6 Å². The van der Waals surface area contributed by atoms with E-state index in [1.807, 2.05) is 30.3 Å². The van der Waals surface area contributed by atoms with Crippen molar-refractivity contribution in [3.8, 4) is 0 Å². The first-order valence-corrected chi connectivity index (χ1v) is 5.65. The zero-order valence-corrected chi connectivity index (χ0v) is 11.2. The maximum atomic E-state index is 11.3. The van der Waals surface area contributed by atoms with Crippen LogP contribution in [0.5, 0.6) is 0 Å². The lowest BCUT2D eigenvalue weighted by atomic mass is 9.96. The summed E-state index contributed by atoms with van der Waals surface area (Å²) in [7, 11) is 1.31. The lowest BCUT2D eigenvalue weighted by Crippen LogP contribution is -2.31. The topological polar surface area (TPSA) is 72.5 Å². The molecule has 1 aromatic rings. The third-order valence-corrected chi connectivity index (χ3v) is 2.68. The molecule has 0 aliphatic carbocycles. The van der Waals surface area contributed by atoms with Gasteiger partial charge >= 0.3 is 5.97 Å². The van der Waals surface area contributed by atoms with E-state index in [0.29, 0.717) is 12.8 Å². The fraction of sp³-hybridized carbons (Fsp3) is 0.462. The minimum absolute atomic E-state index is 0. The molecular weight excluding hydrogens is 254 g/mol. The molecule has 102 valence electrons. The number of aliphatic hydroxyl groups is 1. The van der Waals surface area contributed by atoms with Crippen molar-refractivity contribution in [2.24, 2.45) is 11.7 Å². The summed E-state index contributed by atoms with van der Waals surface area (Å²) >= 11 is 0. The van der Waals surface area contributed by atoms with Crippen LogP contribution < -0.4 is 5.73 Å². The van der Waals surface area contributed by atoms with Gasteiger partial charge < -0.3 is 15.6 Å². The van der Waals surface area contributed by atoms with E-state index in [0.717, 1.165) is 5.56 Å². The van der Waals surface area contributed by atoms with Crippen molar-refractivity contribution in [1.82, 2.24) is 0 Å². The quantitative estimate of drug-likeness (QED) is 0.763. The molecule has 0 aromatic heterocycles. The van der Waals surface area contributed by atoms with Crippen LogP contribution in [-0.2, 0) is 16.0 Å². The first kappa shape index (κ1) is 16.9. The Labute approximate surface area is 114 Å². The number of halogens is 1. The highest BCUT2D eigenvalue weighted by atomic mass is 35.5. The van der Waals surface area contributed by atoms with Crippen molar-refractivity contribution >= 4 is 18.4 Å². The summed E-state index contributed by atoms with van der Waals surface area (Å²) in [5.41, 5.74) is 7.08. The lowest BCUT2D eigenvalue weighted by Gasteiger charge is -2.17. The number of hydrogen-bond donors (Lipinski definition) is 2. The molecule has 0 aliphatic rings. The molecular formula is C13H20ClNO3. The second-order valence-corrected chi connectivity index (χ2v) is 4.09. The summed E-state index contributed by atoms with van der Waals surface area (Å²) in [5.74, 6) is -0.935. The Morgan fingerprint density at radius 2 is 2.00 bits per heavy atom. The lowest BCUT2D eigenvalue weighted by molar-refractivity contribution is -0.147. The van der Waals surface area contributed by atoms with E-state index >= 15 is 0 Å². The molecule has 0 aliphatic heterocycles. The van der Waals surface area contributed by atoms with Gasteiger partial charge in [-0.3, -0.25) is 4.79 Å². The van der Waals surface area contributed by atoms with Crippen LogP contribution in [0.15, 0.2) is 30.3 Å². The van der Waals surface area contributed by atoms with Crippen molar-refractivity contribution in [3.05, 3.63) is 35.9 Å². The Morgan fingerprint density at radius 3 is 2.50 bits per heavy atom. The number of benzene rings is 1. The molecule has 1 rings (SSSR count). The predicted molar refractivity (Wildman–Crippen MR) is 72.6 cm³/mol. The second-order valence-electron chi connectivity index (χ2n) is 4.09. The van der Waals surface area contributed by atoms with Crippen LogP contribution in [0.1, 0.15) is 12.0 Å². The van der Waals surface area contributed by atoms with E-state index in [4.69, 9.17) is 10.8 Å². The van der Waals surface area contributed by atoms with Gasteiger partial charge in [0, 0.05) is 6.04 Å². The van der Waals surface area contributed by atoms with Gasteiger partial charge in [-0.25, -0.2) is 0 Å². The molecule has 0 spiro atoms. The maximum absolute atomic E-state index is 11.3. The smallest absolute Gasteiger partial charge is 0.311 e. The van der Waals surface area contributed by atoms with Crippen LogP contribution in [0.4, 0.5) is 0 Å². The second kappa shape index (κ2) is 8.91. The molecule has 3 N–H and O–H groups in total. The van der Waals surface area contributed by atoms with Crippen LogP contribution >= 0.6 is 12.4 Å². The first-order chi connectivity index (χ1) is 8.17. The highest BCUT2D eigenvalue weighted by Crippen LogP contribution is 2.11. The van der Waals surface area contributed by atoms with E-state index in [1.165, 1.54) is 7.11 Å². The highest BCUT2D eigenvalue weighted by molar-refractivity contribution is 5.85. The van der Waals surface area contributed by atoms with E-state index < -0.39 is 11.9 Å². The van der Waals surface area contributed by atoms with Crippen molar-refractivity contribution < 1.29 is 14.6 Å². The molecule has 0 saturated heterocycles. The van der Waals surface area contributed by atoms with Gasteiger partial charge in [0.15, 0.2) is 0 Å². The highest BCUT2D eigenvalue weighted by Gasteiger charge is 2.21. The number of hydrogen-bond acceptors (Lipinski definition) is 4. The molecule has 5 heteroatoms. The summed E-state index contributed by atoms with van der Waals surface area (Å²) in [6.07, 6.45) is 1.12. The monoisotopic (exact) mass is 273 g/mol. The van der Waals surface area contributed by atoms with E-state index in [1.54, 1.807) is 0 Å². The Balaban J connectivity index is 0.00000289. The number of rotatable bonds is 6. The SMILES string of the molecule is COC(=O)[C@H](CO)C[C@@H](N)Cc1ccccc1.Cl. The minimum Gasteiger partial charge on any atom is -0.469 e. The molecule has 0 heterocycles. The number of esters is 1. The number of ether oxygens (including phenoxy) is 1. The van der Waals surface area contributed by atoms with Crippen molar-refractivity contribution in [3.63, 3.8) is 0 Å². The zero-order valence-electron chi connectivity index (χ0n) is 10.4. The first-order valence-electron chi connectivity index (χ1n) is 5.65. The zero-order chi connectivity index (χ0) is 12.7. The van der Waals surface area contributed by atoms with Gasteiger partial charge in [-0.1, -0.05) is 30.3 Å². The van der Waals surface area contributed by atoms with Gasteiger partial charge in [0.1, 0.15) is 0 Å². The average Bonchev–Trinajstić information content (AvgIpc) is 2.36. The van der Waals surface area contributed by atoms with Crippen LogP contribution in [0.2, 0.25) is 0 Å². The van der Waals surface area contributed by atoms with E-state index in [9.17, 15) is 4.79 Å². The third-order valence-electron chi connectivity index (χ3n) is 2.68. The van der Waals surface area contributed by atoms with Crippen molar-refractivity contribution in [2.75, 3.05) is 13.7 Å². The van der Waals surface area contributed by atoms with Crippen LogP contribution in [0, 0.1) is 5.92 Å². The Morgan fingerprint density at radius 1 is 1.39 bits per heavy atom. The number of carbonyl (C=O) groups is 1. The van der Waals surface area contributed by atoms with Gasteiger partial charge in [-0.2, -0.15) is 0 Å². The molecule has 0 amide bonds. The Bertz CT molecular complexity index is 345. The van der Waals surface area contributed by atoms with Gasteiger partial charge in [0.2, 0.25) is 0 Å². The molecule has 0 bridgehead atoms. The molecule has 0 unspecified atom stereocenters. The summed E-state index contributed by atoms with van der Waals surface area (Å²) in [5, 5.41) is 9.09. The summed E-state index contributed by atoms with van der Waals surface area (Å²) in [6.45, 7) is -0.227. The molecule has 1 aromatic carbocycles. The number of nitrogens with two attached hydrogens (primary N) is 1. The Hall–Kier alpha value is -1.10. The standard InChI is InChI=1S/C13H19NO3.ClH/c1-17-13(16)11(9-15)8-12(14)7-10-5-3-2-4-6-10;/h2-6,11-12,15H,7-9,14H2,1H3;1H/t11-,12-;/m0./s1. The fourth-order valence-electron chi connectivity index (χ4n) is 1.78. The summed E-state index contributed by atoms with van der Waals surface area (Å²) in [6, 6.07) is 9.67. The Kier molecular flexibility index (Phi) is 8.37. The molecule has 4 nitrogen and oxygen atoms in total. The van der Waals surface area contributed by atoms with Gasteiger partial charge in [0.25, 0.3) is 0 Å². The molecule has 0 saturated carbocycles. The maximum Gasteiger partial charge on any atom is 0.311 e. The van der Waals surface area contributed by atoms with Crippen LogP contribution in [0.25, 0.3) is 0 Å². The number of methoxy groups -OCH3 is 1. The molecule has 2 atom stereocenters. The normalized spacial score (nSPS) is 13.3. The molecule has 0 radical (unpaired) electrons. The summed E-state index contributed by atoms with van der Waals surface area (Å²) < 4.78 is 4.60. The van der Waals surface area contributed by atoms with Gasteiger partial charge in [-0.15, -0.1) is 12.4 Å². The number of aliphatic hydroxyl groups excluding tert-OH is 1.